The van der Waals surface area contributed by atoms with Crippen molar-refractivity contribution in [1.82, 2.24) is 9.97 Å². The zero-order valence-corrected chi connectivity index (χ0v) is 15.9. The lowest BCUT2D eigenvalue weighted by Crippen LogP contribution is -2.35. The summed E-state index contributed by atoms with van der Waals surface area (Å²) in [6.07, 6.45) is 2.52. The molecule has 1 aromatic carbocycles. The number of aryl methyl sites for hydroxylation is 1. The molecular formula is C20H28N4O2. The van der Waals surface area contributed by atoms with Crippen LogP contribution in [0.1, 0.15) is 25.6 Å². The minimum absolute atomic E-state index is 0.561. The molecule has 1 unspecified atom stereocenters. The Kier molecular flexibility index (Phi) is 6.15. The Morgan fingerprint density at radius 3 is 2.69 bits per heavy atom. The van der Waals surface area contributed by atoms with Gasteiger partial charge in [-0.2, -0.15) is 0 Å². The Bertz CT molecular complexity index is 705. The maximum absolute atomic E-state index is 5.75. The average Bonchev–Trinajstić information content (AvgIpc) is 2.65. The summed E-state index contributed by atoms with van der Waals surface area (Å²) in [6, 6.07) is 9.63. The quantitative estimate of drug-likeness (QED) is 0.766. The summed E-state index contributed by atoms with van der Waals surface area (Å²) in [6.45, 7) is 7.62. The fourth-order valence-electron chi connectivity index (χ4n) is 3.22. The largest absolute Gasteiger partial charge is 0.497 e. The van der Waals surface area contributed by atoms with Crippen LogP contribution in [0.4, 0.5) is 11.6 Å². The lowest BCUT2D eigenvalue weighted by atomic mass is 10.0. The molecule has 0 bridgehead atoms. The van der Waals surface area contributed by atoms with E-state index >= 15 is 0 Å². The van der Waals surface area contributed by atoms with Crippen molar-refractivity contribution in [2.45, 2.75) is 26.7 Å². The molecule has 1 atom stereocenters. The molecule has 0 amide bonds. The monoisotopic (exact) mass is 356 g/mol. The van der Waals surface area contributed by atoms with Gasteiger partial charge in [-0.05, 0) is 49.9 Å². The summed E-state index contributed by atoms with van der Waals surface area (Å²) >= 11 is 0. The number of piperidine rings is 1. The molecule has 1 fully saturated rings. The molecule has 3 rings (SSSR count). The summed E-state index contributed by atoms with van der Waals surface area (Å²) in [5.74, 6) is 5.03. The molecule has 6 nitrogen and oxygen atoms in total. The number of rotatable bonds is 7. The summed E-state index contributed by atoms with van der Waals surface area (Å²) < 4.78 is 10.9. The molecule has 140 valence electrons. The van der Waals surface area contributed by atoms with Gasteiger partial charge in [-0.25, -0.2) is 9.97 Å². The molecule has 26 heavy (non-hydrogen) atoms. The standard InChI is InChI=1S/C20H28N4O2/c1-15-5-4-11-24(14-15)20-13-19(22-16(2)23-20)21-10-12-26-18-8-6-17(25-3)7-9-18/h6-9,13,15H,4-5,10-12,14H2,1-3H3,(H,21,22,23). The van der Waals surface area contributed by atoms with Crippen LogP contribution in [0.15, 0.2) is 30.3 Å². The lowest BCUT2D eigenvalue weighted by Gasteiger charge is -2.32. The predicted molar refractivity (Wildman–Crippen MR) is 104 cm³/mol. The van der Waals surface area contributed by atoms with E-state index in [9.17, 15) is 0 Å². The van der Waals surface area contributed by atoms with E-state index in [4.69, 9.17) is 9.47 Å². The Morgan fingerprint density at radius 2 is 1.96 bits per heavy atom. The lowest BCUT2D eigenvalue weighted by molar-refractivity contribution is 0.331. The first kappa shape index (κ1) is 18.3. The van der Waals surface area contributed by atoms with Crippen LogP contribution in [-0.4, -0.2) is 43.3 Å². The van der Waals surface area contributed by atoms with Gasteiger partial charge in [0.25, 0.3) is 0 Å². The second kappa shape index (κ2) is 8.74. The number of ether oxygens (including phenoxy) is 2. The van der Waals surface area contributed by atoms with E-state index in [2.05, 4.69) is 27.1 Å². The van der Waals surface area contributed by atoms with Crippen molar-refractivity contribution in [1.29, 1.82) is 0 Å². The number of hydrogen-bond acceptors (Lipinski definition) is 6. The number of benzene rings is 1. The maximum atomic E-state index is 5.75. The fourth-order valence-corrected chi connectivity index (χ4v) is 3.22. The molecule has 0 radical (unpaired) electrons. The molecule has 1 aromatic heterocycles. The van der Waals surface area contributed by atoms with Gasteiger partial charge in [0.05, 0.1) is 13.7 Å². The molecule has 1 saturated heterocycles. The van der Waals surface area contributed by atoms with Crippen molar-refractivity contribution in [3.05, 3.63) is 36.2 Å². The zero-order valence-electron chi connectivity index (χ0n) is 15.9. The van der Waals surface area contributed by atoms with Crippen LogP contribution in [0.5, 0.6) is 11.5 Å². The van der Waals surface area contributed by atoms with Crippen LogP contribution in [0.3, 0.4) is 0 Å². The first-order chi connectivity index (χ1) is 12.6. The third-order valence-corrected chi connectivity index (χ3v) is 4.54. The van der Waals surface area contributed by atoms with Gasteiger partial charge < -0.3 is 19.7 Å². The highest BCUT2D eigenvalue weighted by atomic mass is 16.5. The molecule has 1 aliphatic rings. The number of hydrogen-bond donors (Lipinski definition) is 1. The van der Waals surface area contributed by atoms with Crippen molar-refractivity contribution >= 4 is 11.6 Å². The highest BCUT2D eigenvalue weighted by Gasteiger charge is 2.18. The van der Waals surface area contributed by atoms with Crippen LogP contribution in [0.2, 0.25) is 0 Å². The number of nitrogens with one attached hydrogen (secondary N) is 1. The van der Waals surface area contributed by atoms with E-state index in [1.54, 1.807) is 7.11 Å². The first-order valence-corrected chi connectivity index (χ1v) is 9.25. The molecule has 1 N–H and O–H groups in total. The summed E-state index contributed by atoms with van der Waals surface area (Å²) in [5, 5.41) is 3.34. The van der Waals surface area contributed by atoms with Crippen molar-refractivity contribution in [3.8, 4) is 11.5 Å². The van der Waals surface area contributed by atoms with Gasteiger partial charge in [0, 0.05) is 19.2 Å². The molecule has 6 heteroatoms. The van der Waals surface area contributed by atoms with Crippen molar-refractivity contribution in [2.75, 3.05) is 43.6 Å². The van der Waals surface area contributed by atoms with E-state index in [0.717, 1.165) is 42.0 Å². The minimum Gasteiger partial charge on any atom is -0.497 e. The molecular weight excluding hydrogens is 328 g/mol. The third kappa shape index (κ3) is 5.00. The van der Waals surface area contributed by atoms with E-state index in [0.29, 0.717) is 19.1 Å². The van der Waals surface area contributed by atoms with Gasteiger partial charge >= 0.3 is 0 Å². The SMILES string of the molecule is COc1ccc(OCCNc2cc(N3CCCC(C)C3)nc(C)n2)cc1. The van der Waals surface area contributed by atoms with E-state index in [1.807, 2.05) is 37.3 Å². The number of methoxy groups -OCH3 is 1. The van der Waals surface area contributed by atoms with Gasteiger partial charge in [-0.3, -0.25) is 0 Å². The molecule has 2 aromatic rings. The highest BCUT2D eigenvalue weighted by Crippen LogP contribution is 2.23. The smallest absolute Gasteiger partial charge is 0.134 e. The average molecular weight is 356 g/mol. The molecule has 0 saturated carbocycles. The highest BCUT2D eigenvalue weighted by molar-refractivity contribution is 5.49. The van der Waals surface area contributed by atoms with Crippen LogP contribution >= 0.6 is 0 Å². The van der Waals surface area contributed by atoms with Gasteiger partial charge in [0.1, 0.15) is 35.6 Å². The third-order valence-electron chi connectivity index (χ3n) is 4.54. The van der Waals surface area contributed by atoms with Gasteiger partial charge in [0.2, 0.25) is 0 Å². The number of anilines is 2. The molecule has 1 aliphatic heterocycles. The minimum atomic E-state index is 0.561. The first-order valence-electron chi connectivity index (χ1n) is 9.25. The predicted octanol–water partition coefficient (Wildman–Crippen LogP) is 3.52. The number of aromatic nitrogens is 2. The fraction of sp³-hybridized carbons (Fsp3) is 0.500. The zero-order chi connectivity index (χ0) is 18.4. The van der Waals surface area contributed by atoms with Gasteiger partial charge in [-0.1, -0.05) is 6.92 Å². The normalized spacial score (nSPS) is 17.0. The Balaban J connectivity index is 1.52. The molecule has 2 heterocycles. The van der Waals surface area contributed by atoms with E-state index in [1.165, 1.54) is 12.8 Å². The topological polar surface area (TPSA) is 59.5 Å². The van der Waals surface area contributed by atoms with Gasteiger partial charge in [0.15, 0.2) is 0 Å². The summed E-state index contributed by atoms with van der Waals surface area (Å²) in [4.78, 5) is 11.5. The van der Waals surface area contributed by atoms with Crippen LogP contribution < -0.4 is 19.7 Å². The molecule has 0 spiro atoms. The maximum Gasteiger partial charge on any atom is 0.134 e. The Hall–Kier alpha value is -2.50. The Morgan fingerprint density at radius 1 is 1.19 bits per heavy atom. The van der Waals surface area contributed by atoms with Crippen molar-refractivity contribution < 1.29 is 9.47 Å². The Labute approximate surface area is 155 Å². The van der Waals surface area contributed by atoms with Gasteiger partial charge in [-0.15, -0.1) is 0 Å². The van der Waals surface area contributed by atoms with Crippen molar-refractivity contribution in [2.24, 2.45) is 5.92 Å². The second-order valence-electron chi connectivity index (χ2n) is 6.80. The van der Waals surface area contributed by atoms with E-state index in [-0.39, 0.29) is 0 Å². The van der Waals surface area contributed by atoms with Crippen LogP contribution in [0, 0.1) is 12.8 Å². The summed E-state index contributed by atoms with van der Waals surface area (Å²) in [7, 11) is 1.66. The van der Waals surface area contributed by atoms with Crippen LogP contribution in [-0.2, 0) is 0 Å². The van der Waals surface area contributed by atoms with E-state index < -0.39 is 0 Å². The number of nitrogens with zero attached hydrogens (tertiary/aromatic N) is 3. The second-order valence-corrected chi connectivity index (χ2v) is 6.80. The van der Waals surface area contributed by atoms with Crippen LogP contribution in [0.25, 0.3) is 0 Å². The summed E-state index contributed by atoms with van der Waals surface area (Å²) in [5.41, 5.74) is 0. The molecule has 0 aliphatic carbocycles. The van der Waals surface area contributed by atoms with Crippen molar-refractivity contribution in [3.63, 3.8) is 0 Å².